The van der Waals surface area contributed by atoms with Gasteiger partial charge in [-0.3, -0.25) is 9.48 Å². The Morgan fingerprint density at radius 1 is 1.18 bits per heavy atom. The summed E-state index contributed by atoms with van der Waals surface area (Å²) in [6.45, 7) is 2.17. The highest BCUT2D eigenvalue weighted by Crippen LogP contribution is 2.30. The number of ether oxygens (including phenoxy) is 1. The van der Waals surface area contributed by atoms with Gasteiger partial charge in [0.15, 0.2) is 0 Å². The molecule has 3 aromatic rings. The lowest BCUT2D eigenvalue weighted by Crippen LogP contribution is -2.41. The van der Waals surface area contributed by atoms with E-state index in [2.05, 4.69) is 26.5 Å². The monoisotopic (exact) mass is 564 g/mol. The maximum Gasteiger partial charge on any atom is 0.253 e. The van der Waals surface area contributed by atoms with Crippen LogP contribution in [-0.2, 0) is 19.6 Å². The third-order valence-corrected chi connectivity index (χ3v) is 8.63. The number of aromatic nitrogens is 4. The standard InChI is InChI=1S/C27H32N8O4S/c1-40(37,38)33-12-8-20(9-13-33)16-24(6-10-28)35-18-21(17-30-35)25-7-11-29-27(32-25)31-22-2-4-23(5-3-22)34-14-15-39-19-26(34)36/h2-5,7,11,17-18,20,24H,6,8-9,12-16,19H2,1H3,(H,29,31,32). The van der Waals surface area contributed by atoms with Crippen LogP contribution < -0.4 is 10.2 Å². The van der Waals surface area contributed by atoms with Crippen LogP contribution >= 0.6 is 0 Å². The number of hydrogen-bond donors (Lipinski definition) is 1. The predicted octanol–water partition coefficient (Wildman–Crippen LogP) is 2.96. The van der Waals surface area contributed by atoms with Crippen molar-refractivity contribution in [1.29, 1.82) is 5.26 Å². The minimum Gasteiger partial charge on any atom is -0.370 e. The van der Waals surface area contributed by atoms with Crippen LogP contribution in [0.2, 0.25) is 0 Å². The number of carbonyl (C=O) groups excluding carboxylic acids is 1. The molecule has 210 valence electrons. The topological polar surface area (TPSA) is 146 Å². The molecule has 2 aliphatic rings. The van der Waals surface area contributed by atoms with Gasteiger partial charge in [0, 0.05) is 49.0 Å². The number of carbonyl (C=O) groups is 1. The lowest BCUT2D eigenvalue weighted by atomic mass is 9.90. The highest BCUT2D eigenvalue weighted by atomic mass is 32.2. The van der Waals surface area contributed by atoms with Crippen LogP contribution in [-0.4, -0.2) is 77.5 Å². The van der Waals surface area contributed by atoms with E-state index in [0.29, 0.717) is 50.2 Å². The van der Waals surface area contributed by atoms with E-state index >= 15 is 0 Å². The summed E-state index contributed by atoms with van der Waals surface area (Å²) in [5.74, 6) is 0.691. The van der Waals surface area contributed by atoms with Crippen molar-refractivity contribution in [1.82, 2.24) is 24.1 Å². The zero-order chi connectivity index (χ0) is 28.1. The maximum atomic E-state index is 12.1. The molecule has 1 atom stereocenters. The van der Waals surface area contributed by atoms with E-state index in [1.54, 1.807) is 23.4 Å². The van der Waals surface area contributed by atoms with Gasteiger partial charge in [-0.15, -0.1) is 0 Å². The van der Waals surface area contributed by atoms with Crippen molar-refractivity contribution in [3.8, 4) is 17.3 Å². The van der Waals surface area contributed by atoms with Crippen molar-refractivity contribution in [3.63, 3.8) is 0 Å². The van der Waals surface area contributed by atoms with Gasteiger partial charge in [0.2, 0.25) is 16.0 Å². The molecule has 12 nitrogen and oxygen atoms in total. The number of piperidine rings is 1. The minimum atomic E-state index is -3.17. The Morgan fingerprint density at radius 3 is 2.65 bits per heavy atom. The fourth-order valence-electron chi connectivity index (χ4n) is 5.15. The first-order valence-corrected chi connectivity index (χ1v) is 15.1. The van der Waals surface area contributed by atoms with Crippen molar-refractivity contribution >= 4 is 33.3 Å². The van der Waals surface area contributed by atoms with Crippen LogP contribution in [0, 0.1) is 17.2 Å². The molecule has 2 aliphatic heterocycles. The summed E-state index contributed by atoms with van der Waals surface area (Å²) < 4.78 is 32.2. The smallest absolute Gasteiger partial charge is 0.253 e. The zero-order valence-electron chi connectivity index (χ0n) is 22.3. The Morgan fingerprint density at radius 2 is 1.95 bits per heavy atom. The van der Waals surface area contributed by atoms with Gasteiger partial charge in [-0.05, 0) is 55.5 Å². The lowest BCUT2D eigenvalue weighted by Gasteiger charge is -2.31. The summed E-state index contributed by atoms with van der Waals surface area (Å²) >= 11 is 0. The second kappa shape index (κ2) is 12.1. The molecule has 2 fully saturated rings. The molecule has 0 radical (unpaired) electrons. The number of morpholine rings is 1. The summed E-state index contributed by atoms with van der Waals surface area (Å²) in [6, 6.07) is 11.5. The number of benzene rings is 1. The lowest BCUT2D eigenvalue weighted by molar-refractivity contribution is -0.125. The predicted molar refractivity (Wildman–Crippen MR) is 149 cm³/mol. The van der Waals surface area contributed by atoms with Gasteiger partial charge >= 0.3 is 0 Å². The largest absolute Gasteiger partial charge is 0.370 e. The number of amides is 1. The van der Waals surface area contributed by atoms with Crippen LogP contribution in [0.3, 0.4) is 0 Å². The van der Waals surface area contributed by atoms with E-state index in [9.17, 15) is 18.5 Å². The molecule has 1 N–H and O–H groups in total. The average Bonchev–Trinajstić information content (AvgIpc) is 3.44. The summed E-state index contributed by atoms with van der Waals surface area (Å²) in [5, 5.41) is 17.2. The van der Waals surface area contributed by atoms with Gasteiger partial charge in [0.25, 0.3) is 5.91 Å². The van der Waals surface area contributed by atoms with Gasteiger partial charge < -0.3 is 15.0 Å². The molecule has 0 bridgehead atoms. The van der Waals surface area contributed by atoms with E-state index in [1.807, 2.05) is 35.1 Å². The molecule has 5 rings (SSSR count). The van der Waals surface area contributed by atoms with Crippen molar-refractivity contribution in [2.75, 3.05) is 49.3 Å². The number of hydrogen-bond acceptors (Lipinski definition) is 9. The summed E-state index contributed by atoms with van der Waals surface area (Å²) in [7, 11) is -3.17. The average molecular weight is 565 g/mol. The van der Waals surface area contributed by atoms with Gasteiger partial charge in [0.1, 0.15) is 6.61 Å². The van der Waals surface area contributed by atoms with E-state index < -0.39 is 10.0 Å². The third-order valence-electron chi connectivity index (χ3n) is 7.32. The Hall–Kier alpha value is -3.86. The van der Waals surface area contributed by atoms with Gasteiger partial charge in [-0.1, -0.05) is 0 Å². The number of nitriles is 1. The number of sulfonamides is 1. The highest BCUT2D eigenvalue weighted by molar-refractivity contribution is 7.88. The Balaban J connectivity index is 1.24. The molecular weight excluding hydrogens is 532 g/mol. The fraction of sp³-hybridized carbons (Fsp3) is 0.444. The summed E-state index contributed by atoms with van der Waals surface area (Å²) in [5.41, 5.74) is 3.10. The number of nitrogens with zero attached hydrogens (tertiary/aromatic N) is 7. The third kappa shape index (κ3) is 6.64. The molecule has 2 saturated heterocycles. The maximum absolute atomic E-state index is 12.1. The molecule has 0 aliphatic carbocycles. The van der Waals surface area contributed by atoms with E-state index in [4.69, 9.17) is 4.74 Å². The highest BCUT2D eigenvalue weighted by Gasteiger charge is 2.27. The molecule has 1 amide bonds. The Labute approximate surface area is 233 Å². The molecule has 2 aromatic heterocycles. The van der Waals surface area contributed by atoms with Gasteiger partial charge in [0.05, 0.1) is 43.3 Å². The first-order valence-electron chi connectivity index (χ1n) is 13.2. The molecule has 40 heavy (non-hydrogen) atoms. The number of nitrogens with one attached hydrogen (secondary N) is 1. The number of rotatable bonds is 9. The first kappa shape index (κ1) is 27.7. The first-order chi connectivity index (χ1) is 19.3. The van der Waals surface area contributed by atoms with Crippen LogP contribution in [0.15, 0.2) is 48.9 Å². The molecular formula is C27H32N8O4S. The van der Waals surface area contributed by atoms with Crippen molar-refractivity contribution < 1.29 is 17.9 Å². The fourth-order valence-corrected chi connectivity index (χ4v) is 6.02. The summed E-state index contributed by atoms with van der Waals surface area (Å²) in [6.07, 6.45) is 9.17. The normalized spacial score (nSPS) is 17.9. The van der Waals surface area contributed by atoms with Gasteiger partial charge in [-0.2, -0.15) is 10.4 Å². The minimum absolute atomic E-state index is 0.0575. The van der Waals surface area contributed by atoms with Crippen LogP contribution in [0.25, 0.3) is 11.3 Å². The molecule has 4 heterocycles. The van der Waals surface area contributed by atoms with Gasteiger partial charge in [-0.25, -0.2) is 22.7 Å². The Kier molecular flexibility index (Phi) is 8.39. The van der Waals surface area contributed by atoms with Crippen molar-refractivity contribution in [2.24, 2.45) is 5.92 Å². The summed E-state index contributed by atoms with van der Waals surface area (Å²) in [4.78, 5) is 22.8. The van der Waals surface area contributed by atoms with Crippen molar-refractivity contribution in [3.05, 3.63) is 48.9 Å². The van der Waals surface area contributed by atoms with Crippen LogP contribution in [0.5, 0.6) is 0 Å². The molecule has 13 heteroatoms. The van der Waals surface area contributed by atoms with Crippen LogP contribution in [0.1, 0.15) is 31.7 Å². The van der Waals surface area contributed by atoms with Crippen LogP contribution in [0.4, 0.5) is 17.3 Å². The Bertz CT molecular complexity index is 1480. The van der Waals surface area contributed by atoms with E-state index in [-0.39, 0.29) is 18.6 Å². The SMILES string of the molecule is CS(=O)(=O)N1CCC(CC(CC#N)n2cc(-c3ccnc(Nc4ccc(N5CCOCC5=O)cc4)n3)cn2)CC1. The molecule has 0 spiro atoms. The molecule has 1 unspecified atom stereocenters. The molecule has 0 saturated carbocycles. The number of anilines is 3. The van der Waals surface area contributed by atoms with E-state index in [1.165, 1.54) is 10.6 Å². The van der Waals surface area contributed by atoms with E-state index in [0.717, 1.165) is 36.2 Å². The second-order valence-corrected chi connectivity index (χ2v) is 12.1. The quantitative estimate of drug-likeness (QED) is 0.414. The second-order valence-electron chi connectivity index (χ2n) is 10.1. The zero-order valence-corrected chi connectivity index (χ0v) is 23.1. The van der Waals surface area contributed by atoms with Crippen molar-refractivity contribution in [2.45, 2.75) is 31.7 Å². The molecule has 1 aromatic carbocycles.